The lowest BCUT2D eigenvalue weighted by molar-refractivity contribution is 0.0690. The molecule has 0 atom stereocenters. The Balaban J connectivity index is 1.43. The van der Waals surface area contributed by atoms with E-state index in [9.17, 15) is 4.79 Å². The Morgan fingerprint density at radius 3 is 2.23 bits per heavy atom. The van der Waals surface area contributed by atoms with Crippen LogP contribution in [0.5, 0.6) is 0 Å². The number of hydrogen-bond acceptors (Lipinski definition) is 1. The van der Waals surface area contributed by atoms with E-state index < -0.39 is 0 Å². The summed E-state index contributed by atoms with van der Waals surface area (Å²) >= 11 is 6.16. The van der Waals surface area contributed by atoms with Gasteiger partial charge in [0.1, 0.15) is 0 Å². The Hall–Kier alpha value is -3.30. The highest BCUT2D eigenvalue weighted by Crippen LogP contribution is 2.33. The van der Waals surface area contributed by atoms with Crippen molar-refractivity contribution in [1.29, 1.82) is 0 Å². The maximum Gasteiger partial charge on any atom is 0.255 e. The molecule has 0 unspecified atom stereocenters. The maximum absolute atomic E-state index is 13.7. The van der Waals surface area contributed by atoms with Crippen LogP contribution in [0, 0.1) is 19.8 Å². The van der Waals surface area contributed by atoms with E-state index in [0.717, 1.165) is 60.6 Å². The molecule has 5 rings (SSSR count). The summed E-state index contributed by atoms with van der Waals surface area (Å²) in [4.78, 5) is 15.8. The molecule has 0 spiro atoms. The third-order valence-corrected chi connectivity index (χ3v) is 7.49. The van der Waals surface area contributed by atoms with Crippen LogP contribution >= 0.6 is 11.6 Å². The molecule has 35 heavy (non-hydrogen) atoms. The van der Waals surface area contributed by atoms with Crippen LogP contribution in [0.1, 0.15) is 40.0 Å². The van der Waals surface area contributed by atoms with Gasteiger partial charge < -0.3 is 9.47 Å². The zero-order chi connectivity index (χ0) is 24.4. The molecule has 1 aliphatic rings. The molecule has 178 valence electrons. The fourth-order valence-electron chi connectivity index (χ4n) is 5.24. The van der Waals surface area contributed by atoms with Crippen molar-refractivity contribution in [2.45, 2.75) is 33.1 Å². The normalized spacial score (nSPS) is 14.3. The molecule has 1 aliphatic heterocycles. The lowest BCUT2D eigenvalue weighted by Crippen LogP contribution is -2.39. The molecule has 3 nitrogen and oxygen atoms in total. The summed E-state index contributed by atoms with van der Waals surface area (Å²) in [7, 11) is 0. The monoisotopic (exact) mass is 482 g/mol. The van der Waals surface area contributed by atoms with Gasteiger partial charge in [0.2, 0.25) is 0 Å². The van der Waals surface area contributed by atoms with E-state index >= 15 is 0 Å². The summed E-state index contributed by atoms with van der Waals surface area (Å²) in [6.45, 7) is 5.78. The summed E-state index contributed by atoms with van der Waals surface area (Å²) in [6.07, 6.45) is 3.18. The van der Waals surface area contributed by atoms with Gasteiger partial charge in [-0.3, -0.25) is 4.79 Å². The molecule has 3 aromatic carbocycles. The van der Waals surface area contributed by atoms with Crippen molar-refractivity contribution in [3.8, 4) is 16.9 Å². The van der Waals surface area contributed by atoms with Crippen LogP contribution in [0.4, 0.5) is 0 Å². The van der Waals surface area contributed by atoms with E-state index in [1.807, 2.05) is 41.3 Å². The molecule has 1 fully saturated rings. The number of carbonyl (C=O) groups is 1. The second-order valence-electron chi connectivity index (χ2n) is 9.58. The van der Waals surface area contributed by atoms with Crippen molar-refractivity contribution >= 4 is 17.5 Å². The zero-order valence-electron chi connectivity index (χ0n) is 20.4. The minimum absolute atomic E-state index is 0.128. The molecule has 1 amide bonds. The van der Waals surface area contributed by atoms with Crippen LogP contribution in [-0.4, -0.2) is 28.5 Å². The van der Waals surface area contributed by atoms with Gasteiger partial charge in [-0.25, -0.2) is 0 Å². The highest BCUT2D eigenvalue weighted by molar-refractivity contribution is 6.30. The second kappa shape index (κ2) is 10.1. The van der Waals surface area contributed by atoms with Gasteiger partial charge in [-0.2, -0.15) is 0 Å². The number of aryl methyl sites for hydroxylation is 1. The molecule has 0 saturated carbocycles. The summed E-state index contributed by atoms with van der Waals surface area (Å²) in [5.74, 6) is 0.756. The van der Waals surface area contributed by atoms with E-state index in [2.05, 4.69) is 66.9 Å². The third-order valence-electron chi connectivity index (χ3n) is 7.24. The number of halogens is 1. The van der Waals surface area contributed by atoms with Gasteiger partial charge in [-0.05, 0) is 80.0 Å². The first-order valence-corrected chi connectivity index (χ1v) is 12.8. The van der Waals surface area contributed by atoms with Crippen molar-refractivity contribution in [3.05, 3.63) is 112 Å². The topological polar surface area (TPSA) is 25.2 Å². The first-order chi connectivity index (χ1) is 17.0. The van der Waals surface area contributed by atoms with Gasteiger partial charge in [-0.1, -0.05) is 72.3 Å². The first-order valence-electron chi connectivity index (χ1n) is 12.4. The number of benzene rings is 3. The molecular weight excluding hydrogens is 452 g/mol. The van der Waals surface area contributed by atoms with Crippen molar-refractivity contribution in [2.24, 2.45) is 5.92 Å². The Bertz CT molecular complexity index is 1320. The standard InChI is InChI=1S/C31H31ClN2O/c1-22-8-6-7-11-29(22)34-23(2)28(21-30(34)26-12-14-27(32)15-13-26)31(35)33-18-16-25(17-19-33)20-24-9-4-3-5-10-24/h3-15,21,25H,16-20H2,1-2H3. The van der Waals surface area contributed by atoms with Gasteiger partial charge in [0.05, 0.1) is 11.3 Å². The Morgan fingerprint density at radius 1 is 0.886 bits per heavy atom. The summed E-state index contributed by atoms with van der Waals surface area (Å²) in [5, 5.41) is 0.703. The van der Waals surface area contributed by atoms with Crippen molar-refractivity contribution in [1.82, 2.24) is 9.47 Å². The number of aromatic nitrogens is 1. The molecule has 4 heteroatoms. The van der Waals surface area contributed by atoms with Crippen molar-refractivity contribution in [3.63, 3.8) is 0 Å². The summed E-state index contributed by atoms with van der Waals surface area (Å²) in [5.41, 5.74) is 7.45. The van der Waals surface area contributed by atoms with E-state index in [1.165, 1.54) is 11.1 Å². The highest BCUT2D eigenvalue weighted by atomic mass is 35.5. The lowest BCUT2D eigenvalue weighted by Gasteiger charge is -2.32. The fourth-order valence-corrected chi connectivity index (χ4v) is 5.37. The molecule has 0 N–H and O–H groups in total. The molecule has 1 saturated heterocycles. The summed E-state index contributed by atoms with van der Waals surface area (Å²) < 4.78 is 2.22. The van der Waals surface area contributed by atoms with Crippen LogP contribution in [0.2, 0.25) is 5.02 Å². The Labute approximate surface area is 213 Å². The van der Waals surface area contributed by atoms with E-state index in [-0.39, 0.29) is 5.91 Å². The van der Waals surface area contributed by atoms with Crippen LogP contribution < -0.4 is 0 Å². The summed E-state index contributed by atoms with van der Waals surface area (Å²) in [6, 6.07) is 28.9. The Morgan fingerprint density at radius 2 is 1.54 bits per heavy atom. The number of amides is 1. The number of rotatable bonds is 5. The molecule has 0 aliphatic carbocycles. The van der Waals surface area contributed by atoms with E-state index in [4.69, 9.17) is 11.6 Å². The average Bonchev–Trinajstić information content (AvgIpc) is 3.22. The molecular formula is C31H31ClN2O. The number of nitrogens with zero attached hydrogens (tertiary/aromatic N) is 2. The number of likely N-dealkylation sites (tertiary alicyclic amines) is 1. The second-order valence-corrected chi connectivity index (χ2v) is 10.0. The van der Waals surface area contributed by atoms with Gasteiger partial charge in [0.25, 0.3) is 5.91 Å². The largest absolute Gasteiger partial charge is 0.339 e. The molecule has 4 aromatic rings. The van der Waals surface area contributed by atoms with E-state index in [0.29, 0.717) is 10.9 Å². The highest BCUT2D eigenvalue weighted by Gasteiger charge is 2.27. The quantitative estimate of drug-likeness (QED) is 0.289. The third kappa shape index (κ3) is 4.92. The van der Waals surface area contributed by atoms with Crippen LogP contribution in [0.3, 0.4) is 0 Å². The predicted molar refractivity (Wildman–Crippen MR) is 144 cm³/mol. The van der Waals surface area contributed by atoms with Gasteiger partial charge in [-0.15, -0.1) is 0 Å². The van der Waals surface area contributed by atoms with Crippen molar-refractivity contribution in [2.75, 3.05) is 13.1 Å². The van der Waals surface area contributed by atoms with E-state index in [1.54, 1.807) is 0 Å². The van der Waals surface area contributed by atoms with Crippen LogP contribution in [0.25, 0.3) is 16.9 Å². The number of para-hydroxylation sites is 1. The molecule has 1 aromatic heterocycles. The zero-order valence-corrected chi connectivity index (χ0v) is 21.1. The van der Waals surface area contributed by atoms with Crippen LogP contribution in [0.15, 0.2) is 84.9 Å². The number of carbonyl (C=O) groups excluding carboxylic acids is 1. The molecule has 2 heterocycles. The Kier molecular flexibility index (Phi) is 6.79. The van der Waals surface area contributed by atoms with Crippen molar-refractivity contribution < 1.29 is 4.79 Å². The SMILES string of the molecule is Cc1ccccc1-n1c(-c2ccc(Cl)cc2)cc(C(=O)N2CCC(Cc3ccccc3)CC2)c1C. The van der Waals surface area contributed by atoms with Gasteiger partial charge >= 0.3 is 0 Å². The number of piperidine rings is 1. The predicted octanol–water partition coefficient (Wildman–Crippen LogP) is 7.51. The fraction of sp³-hybridized carbons (Fsp3) is 0.258. The van der Waals surface area contributed by atoms with Gasteiger partial charge in [0, 0.05) is 29.5 Å². The minimum atomic E-state index is 0.128. The van der Waals surface area contributed by atoms with Gasteiger partial charge in [0.15, 0.2) is 0 Å². The smallest absolute Gasteiger partial charge is 0.255 e. The molecule has 0 radical (unpaired) electrons. The molecule has 0 bridgehead atoms. The average molecular weight is 483 g/mol. The number of hydrogen-bond donors (Lipinski definition) is 0. The maximum atomic E-state index is 13.7. The minimum Gasteiger partial charge on any atom is -0.339 e. The first kappa shape index (κ1) is 23.4. The lowest BCUT2D eigenvalue weighted by atomic mass is 9.90. The van der Waals surface area contributed by atoms with Crippen LogP contribution in [-0.2, 0) is 6.42 Å².